The standard InChI is InChI=1S/C21H28N6O.HI/c1-4-22-21(24-14-20-26-25-19-7-5-6-12-27(19)20)23-13-17-8-10-18(11-9-17)28-15-16(2)3;/h5-12,16H,4,13-15H2,1-3H3,(H2,22,23,24);1H. The highest BCUT2D eigenvalue weighted by Crippen LogP contribution is 2.14. The molecule has 0 saturated heterocycles. The van der Waals surface area contributed by atoms with Gasteiger partial charge in [-0.15, -0.1) is 34.2 Å². The topological polar surface area (TPSA) is 75.8 Å². The molecule has 3 rings (SSSR count). The van der Waals surface area contributed by atoms with E-state index in [9.17, 15) is 0 Å². The molecule has 0 unspecified atom stereocenters. The van der Waals surface area contributed by atoms with E-state index in [1.165, 1.54) is 0 Å². The van der Waals surface area contributed by atoms with Gasteiger partial charge in [0.2, 0.25) is 0 Å². The zero-order chi connectivity index (χ0) is 19.8. The summed E-state index contributed by atoms with van der Waals surface area (Å²) in [5.74, 6) is 2.99. The molecule has 156 valence electrons. The second-order valence-electron chi connectivity index (χ2n) is 6.94. The second-order valence-corrected chi connectivity index (χ2v) is 6.94. The van der Waals surface area contributed by atoms with Gasteiger partial charge in [0, 0.05) is 12.7 Å². The molecule has 0 aliphatic carbocycles. The third kappa shape index (κ3) is 6.88. The van der Waals surface area contributed by atoms with Crippen molar-refractivity contribution in [2.24, 2.45) is 10.9 Å². The predicted molar refractivity (Wildman–Crippen MR) is 127 cm³/mol. The fraction of sp³-hybridized carbons (Fsp3) is 0.381. The Morgan fingerprint density at radius 1 is 1.10 bits per heavy atom. The van der Waals surface area contributed by atoms with E-state index < -0.39 is 0 Å². The van der Waals surface area contributed by atoms with Crippen molar-refractivity contribution >= 4 is 35.6 Å². The van der Waals surface area contributed by atoms with Crippen LogP contribution < -0.4 is 15.4 Å². The van der Waals surface area contributed by atoms with E-state index in [4.69, 9.17) is 4.74 Å². The molecule has 0 spiro atoms. The normalized spacial score (nSPS) is 11.4. The van der Waals surface area contributed by atoms with Crippen molar-refractivity contribution in [3.63, 3.8) is 0 Å². The van der Waals surface area contributed by atoms with Crippen molar-refractivity contribution in [3.05, 3.63) is 60.0 Å². The maximum atomic E-state index is 5.73. The molecule has 0 aliphatic heterocycles. The fourth-order valence-corrected chi connectivity index (χ4v) is 2.64. The van der Waals surface area contributed by atoms with Gasteiger partial charge in [0.1, 0.15) is 5.75 Å². The lowest BCUT2D eigenvalue weighted by Crippen LogP contribution is -2.37. The van der Waals surface area contributed by atoms with Crippen molar-refractivity contribution in [1.29, 1.82) is 0 Å². The van der Waals surface area contributed by atoms with Crippen LogP contribution in [0.25, 0.3) is 5.65 Å². The molecule has 0 fully saturated rings. The first-order valence-corrected chi connectivity index (χ1v) is 9.68. The Morgan fingerprint density at radius 2 is 1.90 bits per heavy atom. The first-order valence-electron chi connectivity index (χ1n) is 9.68. The molecule has 2 N–H and O–H groups in total. The lowest BCUT2D eigenvalue weighted by molar-refractivity contribution is 0.271. The number of fused-ring (bicyclic) bond motifs is 1. The molecule has 0 amide bonds. The lowest BCUT2D eigenvalue weighted by Gasteiger charge is -2.11. The molecule has 3 aromatic rings. The summed E-state index contributed by atoms with van der Waals surface area (Å²) in [5.41, 5.74) is 1.96. The number of nitrogens with one attached hydrogen (secondary N) is 2. The number of aliphatic imine (C=N–C) groups is 1. The van der Waals surface area contributed by atoms with Crippen molar-refractivity contribution in [1.82, 2.24) is 25.2 Å². The van der Waals surface area contributed by atoms with Crippen molar-refractivity contribution in [2.45, 2.75) is 33.9 Å². The Hall–Kier alpha value is -2.36. The van der Waals surface area contributed by atoms with E-state index in [1.807, 2.05) is 47.9 Å². The number of hydrogen-bond donors (Lipinski definition) is 2. The summed E-state index contributed by atoms with van der Waals surface area (Å²) in [6, 6.07) is 13.9. The molecule has 8 heteroatoms. The Morgan fingerprint density at radius 3 is 2.62 bits per heavy atom. The van der Waals surface area contributed by atoms with Crippen LogP contribution in [0.15, 0.2) is 53.7 Å². The van der Waals surface area contributed by atoms with Gasteiger partial charge >= 0.3 is 0 Å². The summed E-state index contributed by atoms with van der Waals surface area (Å²) in [5, 5.41) is 15.0. The van der Waals surface area contributed by atoms with Crippen LogP contribution >= 0.6 is 24.0 Å². The van der Waals surface area contributed by atoms with E-state index in [0.717, 1.165) is 41.9 Å². The molecule has 0 radical (unpaired) electrons. The summed E-state index contributed by atoms with van der Waals surface area (Å²) in [6.07, 6.45) is 1.96. The molecule has 29 heavy (non-hydrogen) atoms. The van der Waals surface area contributed by atoms with Crippen LogP contribution in [-0.2, 0) is 13.1 Å². The molecule has 0 atom stereocenters. The highest BCUT2D eigenvalue weighted by Gasteiger charge is 2.06. The van der Waals surface area contributed by atoms with Gasteiger partial charge in [0.15, 0.2) is 17.4 Å². The predicted octanol–water partition coefficient (Wildman–Crippen LogP) is 3.64. The van der Waals surface area contributed by atoms with Crippen molar-refractivity contribution in [3.8, 4) is 5.75 Å². The number of halogens is 1. The summed E-state index contributed by atoms with van der Waals surface area (Å²) in [7, 11) is 0. The van der Waals surface area contributed by atoms with Gasteiger partial charge in [-0.3, -0.25) is 4.40 Å². The Labute approximate surface area is 189 Å². The Kier molecular flexibility index (Phi) is 9.17. The van der Waals surface area contributed by atoms with Crippen LogP contribution in [0, 0.1) is 5.92 Å². The average molecular weight is 508 g/mol. The van der Waals surface area contributed by atoms with Gasteiger partial charge in [0.05, 0.1) is 19.7 Å². The summed E-state index contributed by atoms with van der Waals surface area (Å²) < 4.78 is 7.69. The number of hydrogen-bond acceptors (Lipinski definition) is 4. The monoisotopic (exact) mass is 508 g/mol. The highest BCUT2D eigenvalue weighted by molar-refractivity contribution is 14.0. The number of rotatable bonds is 8. The highest BCUT2D eigenvalue weighted by atomic mass is 127. The van der Waals surface area contributed by atoms with Gasteiger partial charge in [-0.1, -0.05) is 32.0 Å². The molecule has 0 saturated carbocycles. The molecular formula is C21H29IN6O. The molecule has 7 nitrogen and oxygen atoms in total. The van der Waals surface area contributed by atoms with Crippen LogP contribution in [0.1, 0.15) is 32.2 Å². The number of ether oxygens (including phenoxy) is 1. The van der Waals surface area contributed by atoms with Crippen LogP contribution in [0.5, 0.6) is 5.75 Å². The number of pyridine rings is 1. The van der Waals surface area contributed by atoms with Crippen molar-refractivity contribution < 1.29 is 4.74 Å². The molecule has 2 heterocycles. The maximum absolute atomic E-state index is 5.73. The minimum Gasteiger partial charge on any atom is -0.493 e. The van der Waals surface area contributed by atoms with E-state index in [0.29, 0.717) is 19.0 Å². The van der Waals surface area contributed by atoms with E-state index in [2.05, 4.69) is 51.8 Å². The summed E-state index contributed by atoms with van der Waals surface area (Å²) in [4.78, 5) is 4.66. The number of benzene rings is 1. The van der Waals surface area contributed by atoms with Crippen LogP contribution in [-0.4, -0.2) is 33.7 Å². The van der Waals surface area contributed by atoms with Gasteiger partial charge in [-0.2, -0.15) is 0 Å². The molecular weight excluding hydrogens is 479 g/mol. The Bertz CT molecular complexity index is 907. The zero-order valence-corrected chi connectivity index (χ0v) is 19.5. The fourth-order valence-electron chi connectivity index (χ4n) is 2.64. The van der Waals surface area contributed by atoms with Crippen molar-refractivity contribution in [2.75, 3.05) is 13.2 Å². The largest absolute Gasteiger partial charge is 0.493 e. The SMILES string of the molecule is CCNC(=NCc1ccc(OCC(C)C)cc1)NCc1nnc2ccccn12.I. The number of guanidine groups is 1. The first kappa shape index (κ1) is 22.9. The molecule has 0 bridgehead atoms. The van der Waals surface area contributed by atoms with Gasteiger partial charge < -0.3 is 15.4 Å². The minimum atomic E-state index is 0. The minimum absolute atomic E-state index is 0. The van der Waals surface area contributed by atoms with E-state index in [-0.39, 0.29) is 24.0 Å². The zero-order valence-electron chi connectivity index (χ0n) is 17.1. The van der Waals surface area contributed by atoms with Crippen LogP contribution in [0.4, 0.5) is 0 Å². The first-order chi connectivity index (χ1) is 13.7. The average Bonchev–Trinajstić information content (AvgIpc) is 3.12. The van der Waals surface area contributed by atoms with E-state index in [1.54, 1.807) is 0 Å². The van der Waals surface area contributed by atoms with Gasteiger partial charge in [0.25, 0.3) is 0 Å². The third-order valence-corrected chi connectivity index (χ3v) is 4.07. The molecule has 2 aromatic heterocycles. The molecule has 1 aromatic carbocycles. The van der Waals surface area contributed by atoms with Gasteiger partial charge in [-0.05, 0) is 42.7 Å². The second kappa shape index (κ2) is 11.6. The van der Waals surface area contributed by atoms with Crippen LogP contribution in [0.2, 0.25) is 0 Å². The van der Waals surface area contributed by atoms with Crippen LogP contribution in [0.3, 0.4) is 0 Å². The number of aromatic nitrogens is 3. The smallest absolute Gasteiger partial charge is 0.191 e. The molecule has 0 aliphatic rings. The summed E-state index contributed by atoms with van der Waals surface area (Å²) >= 11 is 0. The quantitative estimate of drug-likeness (QED) is 0.276. The Balaban J connectivity index is 0.00000300. The number of nitrogens with zero attached hydrogens (tertiary/aromatic N) is 4. The van der Waals surface area contributed by atoms with Gasteiger partial charge in [-0.25, -0.2) is 4.99 Å². The third-order valence-electron chi connectivity index (χ3n) is 4.07. The van der Waals surface area contributed by atoms with E-state index >= 15 is 0 Å². The lowest BCUT2D eigenvalue weighted by atomic mass is 10.2. The summed E-state index contributed by atoms with van der Waals surface area (Å²) in [6.45, 7) is 8.96. The maximum Gasteiger partial charge on any atom is 0.191 e.